The molecule has 3 heterocycles. The largest absolute Gasteiger partial charge is 0.330 e. The third kappa shape index (κ3) is 2.26. The first-order valence-corrected chi connectivity index (χ1v) is 6.96. The van der Waals surface area contributed by atoms with E-state index in [1.54, 1.807) is 0 Å². The van der Waals surface area contributed by atoms with Crippen molar-refractivity contribution in [2.75, 3.05) is 19.6 Å². The van der Waals surface area contributed by atoms with E-state index in [4.69, 9.17) is 5.73 Å². The zero-order chi connectivity index (χ0) is 13.5. The van der Waals surface area contributed by atoms with E-state index < -0.39 is 0 Å². The van der Waals surface area contributed by atoms with E-state index in [0.717, 1.165) is 31.8 Å². The molecular formula is C15H22N4. The second-order valence-corrected chi connectivity index (χ2v) is 6.09. The lowest BCUT2D eigenvalue weighted by Crippen LogP contribution is -2.31. The Morgan fingerprint density at radius 3 is 3.00 bits per heavy atom. The minimum atomic E-state index is 0.287. The van der Waals surface area contributed by atoms with Gasteiger partial charge in [0, 0.05) is 18.8 Å². The Kier molecular flexibility index (Phi) is 3.07. The second kappa shape index (κ2) is 4.62. The SMILES string of the molecule is Cc1cccc2ncc(CN3CCC(C)(CN)C3)n12. The number of likely N-dealkylation sites (tertiary alicyclic amines) is 1. The highest BCUT2D eigenvalue weighted by atomic mass is 15.2. The van der Waals surface area contributed by atoms with Gasteiger partial charge in [-0.3, -0.25) is 4.90 Å². The van der Waals surface area contributed by atoms with Crippen molar-refractivity contribution in [1.29, 1.82) is 0 Å². The molecule has 1 fully saturated rings. The van der Waals surface area contributed by atoms with E-state index in [2.05, 4.69) is 46.3 Å². The Morgan fingerprint density at radius 2 is 2.26 bits per heavy atom. The van der Waals surface area contributed by atoms with Gasteiger partial charge in [-0.2, -0.15) is 0 Å². The molecular weight excluding hydrogens is 236 g/mol. The van der Waals surface area contributed by atoms with Crippen LogP contribution in [0.3, 0.4) is 0 Å². The van der Waals surface area contributed by atoms with Crippen molar-refractivity contribution in [2.24, 2.45) is 11.1 Å². The Bertz CT molecular complexity index is 589. The fourth-order valence-corrected chi connectivity index (χ4v) is 3.04. The van der Waals surface area contributed by atoms with Gasteiger partial charge in [-0.1, -0.05) is 13.0 Å². The second-order valence-electron chi connectivity index (χ2n) is 6.09. The van der Waals surface area contributed by atoms with Crippen molar-refractivity contribution in [3.8, 4) is 0 Å². The number of rotatable bonds is 3. The number of hydrogen-bond acceptors (Lipinski definition) is 3. The zero-order valence-electron chi connectivity index (χ0n) is 11.8. The molecule has 0 aliphatic carbocycles. The van der Waals surface area contributed by atoms with Gasteiger partial charge in [0.1, 0.15) is 5.65 Å². The Balaban J connectivity index is 1.83. The van der Waals surface area contributed by atoms with Crippen LogP contribution in [0.5, 0.6) is 0 Å². The number of fused-ring (bicyclic) bond motifs is 1. The summed E-state index contributed by atoms with van der Waals surface area (Å²) in [6, 6.07) is 6.25. The Morgan fingerprint density at radius 1 is 1.42 bits per heavy atom. The maximum absolute atomic E-state index is 5.87. The van der Waals surface area contributed by atoms with E-state index in [0.29, 0.717) is 0 Å². The first-order chi connectivity index (χ1) is 9.11. The van der Waals surface area contributed by atoms with Crippen LogP contribution in [-0.4, -0.2) is 33.9 Å². The molecule has 4 heteroatoms. The first-order valence-electron chi connectivity index (χ1n) is 6.96. The molecule has 0 bridgehead atoms. The van der Waals surface area contributed by atoms with Crippen molar-refractivity contribution in [2.45, 2.75) is 26.8 Å². The van der Waals surface area contributed by atoms with E-state index in [9.17, 15) is 0 Å². The van der Waals surface area contributed by atoms with Gasteiger partial charge >= 0.3 is 0 Å². The maximum Gasteiger partial charge on any atom is 0.137 e. The molecule has 0 spiro atoms. The first kappa shape index (κ1) is 12.6. The molecule has 4 nitrogen and oxygen atoms in total. The van der Waals surface area contributed by atoms with Gasteiger partial charge in [0.25, 0.3) is 0 Å². The van der Waals surface area contributed by atoms with Crippen LogP contribution in [0, 0.1) is 12.3 Å². The number of aryl methyl sites for hydroxylation is 1. The third-order valence-corrected chi connectivity index (χ3v) is 4.31. The fraction of sp³-hybridized carbons (Fsp3) is 0.533. The summed E-state index contributed by atoms with van der Waals surface area (Å²) in [5.41, 5.74) is 9.71. The topological polar surface area (TPSA) is 46.6 Å². The summed E-state index contributed by atoms with van der Waals surface area (Å²) in [7, 11) is 0. The predicted octanol–water partition coefficient (Wildman–Crippen LogP) is 1.81. The standard InChI is InChI=1S/C15H22N4/c1-12-4-3-5-14-17-8-13(19(12)14)9-18-7-6-15(2,10-16)11-18/h3-5,8H,6-7,9-11,16H2,1-2H3. The molecule has 0 aromatic carbocycles. The molecule has 0 radical (unpaired) electrons. The van der Waals surface area contributed by atoms with Gasteiger partial charge in [0.2, 0.25) is 0 Å². The van der Waals surface area contributed by atoms with Crippen LogP contribution in [0.1, 0.15) is 24.7 Å². The highest BCUT2D eigenvalue weighted by molar-refractivity contribution is 5.42. The van der Waals surface area contributed by atoms with Crippen molar-refractivity contribution in [3.05, 3.63) is 35.8 Å². The molecule has 0 amide bonds. The van der Waals surface area contributed by atoms with Crippen molar-refractivity contribution >= 4 is 5.65 Å². The molecule has 19 heavy (non-hydrogen) atoms. The Hall–Kier alpha value is -1.39. The van der Waals surface area contributed by atoms with Crippen molar-refractivity contribution in [1.82, 2.24) is 14.3 Å². The van der Waals surface area contributed by atoms with E-state index >= 15 is 0 Å². The summed E-state index contributed by atoms with van der Waals surface area (Å²) >= 11 is 0. The van der Waals surface area contributed by atoms with Crippen LogP contribution in [0.4, 0.5) is 0 Å². The van der Waals surface area contributed by atoms with Gasteiger partial charge < -0.3 is 10.1 Å². The number of nitrogens with zero attached hydrogens (tertiary/aromatic N) is 3. The van der Waals surface area contributed by atoms with Gasteiger partial charge in [0.05, 0.1) is 11.9 Å². The van der Waals surface area contributed by atoms with Crippen LogP contribution in [0.25, 0.3) is 5.65 Å². The van der Waals surface area contributed by atoms with Gasteiger partial charge in [-0.25, -0.2) is 4.98 Å². The molecule has 1 atom stereocenters. The predicted molar refractivity (Wildman–Crippen MR) is 77.0 cm³/mol. The van der Waals surface area contributed by atoms with Crippen molar-refractivity contribution in [3.63, 3.8) is 0 Å². The third-order valence-electron chi connectivity index (χ3n) is 4.31. The number of aromatic nitrogens is 2. The summed E-state index contributed by atoms with van der Waals surface area (Å²) in [4.78, 5) is 6.98. The summed E-state index contributed by atoms with van der Waals surface area (Å²) in [5, 5.41) is 0. The normalized spacial score (nSPS) is 24.4. The molecule has 2 aromatic rings. The number of hydrogen-bond donors (Lipinski definition) is 1. The lowest BCUT2D eigenvalue weighted by atomic mass is 9.90. The lowest BCUT2D eigenvalue weighted by molar-refractivity contribution is 0.271. The van der Waals surface area contributed by atoms with Crippen LogP contribution in [0.2, 0.25) is 0 Å². The summed E-state index contributed by atoms with van der Waals surface area (Å²) in [5.74, 6) is 0. The van der Waals surface area contributed by atoms with Gasteiger partial charge in [-0.15, -0.1) is 0 Å². The average Bonchev–Trinajstić information content (AvgIpc) is 2.97. The molecule has 1 aliphatic heterocycles. The fourth-order valence-electron chi connectivity index (χ4n) is 3.04. The average molecular weight is 258 g/mol. The molecule has 1 saturated heterocycles. The summed E-state index contributed by atoms with van der Waals surface area (Å²) in [6.07, 6.45) is 3.19. The highest BCUT2D eigenvalue weighted by Crippen LogP contribution is 2.29. The minimum absolute atomic E-state index is 0.287. The number of imidazole rings is 1. The molecule has 1 unspecified atom stereocenters. The summed E-state index contributed by atoms with van der Waals surface area (Å²) < 4.78 is 2.25. The lowest BCUT2D eigenvalue weighted by Gasteiger charge is -2.22. The smallest absolute Gasteiger partial charge is 0.137 e. The van der Waals surface area contributed by atoms with Crippen LogP contribution >= 0.6 is 0 Å². The molecule has 3 rings (SSSR count). The van der Waals surface area contributed by atoms with Crippen LogP contribution < -0.4 is 5.73 Å². The molecule has 0 saturated carbocycles. The van der Waals surface area contributed by atoms with Crippen molar-refractivity contribution < 1.29 is 0 Å². The minimum Gasteiger partial charge on any atom is -0.330 e. The Labute approximate surface area is 114 Å². The van der Waals surface area contributed by atoms with E-state index in [1.807, 2.05) is 6.20 Å². The monoisotopic (exact) mass is 258 g/mol. The molecule has 2 N–H and O–H groups in total. The van der Waals surface area contributed by atoms with Gasteiger partial charge in [0.15, 0.2) is 0 Å². The van der Waals surface area contributed by atoms with E-state index in [1.165, 1.54) is 17.8 Å². The molecule has 102 valence electrons. The number of pyridine rings is 1. The van der Waals surface area contributed by atoms with E-state index in [-0.39, 0.29) is 5.41 Å². The van der Waals surface area contributed by atoms with Crippen LogP contribution in [-0.2, 0) is 6.54 Å². The summed E-state index contributed by atoms with van der Waals surface area (Å²) in [6.45, 7) is 8.37. The molecule has 2 aromatic heterocycles. The quantitative estimate of drug-likeness (QED) is 0.913. The maximum atomic E-state index is 5.87. The van der Waals surface area contributed by atoms with Gasteiger partial charge in [-0.05, 0) is 44.0 Å². The zero-order valence-corrected chi connectivity index (χ0v) is 11.8. The molecule has 1 aliphatic rings. The van der Waals surface area contributed by atoms with Crippen LogP contribution in [0.15, 0.2) is 24.4 Å². The number of nitrogens with two attached hydrogens (primary N) is 1. The highest BCUT2D eigenvalue weighted by Gasteiger charge is 2.32.